The summed E-state index contributed by atoms with van der Waals surface area (Å²) in [7, 11) is 0. The Balaban J connectivity index is 1.45. The average Bonchev–Trinajstić information content (AvgIpc) is 3.14. The van der Waals surface area contributed by atoms with Crippen molar-refractivity contribution in [2.24, 2.45) is 5.92 Å². The second-order valence-electron chi connectivity index (χ2n) is 6.50. The second kappa shape index (κ2) is 7.86. The Labute approximate surface area is 151 Å². The van der Waals surface area contributed by atoms with Crippen LogP contribution in [-0.2, 0) is 9.59 Å². The maximum absolute atomic E-state index is 12.7. The van der Waals surface area contributed by atoms with Gasteiger partial charge in [-0.2, -0.15) is 0 Å². The van der Waals surface area contributed by atoms with Crippen LogP contribution < -0.4 is 5.32 Å². The van der Waals surface area contributed by atoms with Gasteiger partial charge >= 0.3 is 6.03 Å². The van der Waals surface area contributed by atoms with E-state index in [0.717, 1.165) is 5.00 Å². The Morgan fingerprint density at radius 3 is 2.20 bits per heavy atom. The normalized spacial score (nSPS) is 19.0. The van der Waals surface area contributed by atoms with Crippen molar-refractivity contribution in [3.63, 3.8) is 0 Å². The summed E-state index contributed by atoms with van der Waals surface area (Å²) in [4.78, 5) is 41.7. The molecule has 4 amide bonds. The summed E-state index contributed by atoms with van der Waals surface area (Å²) >= 11 is 1.49. The highest BCUT2D eigenvalue weighted by atomic mass is 32.1. The third-order valence-electron chi connectivity index (χ3n) is 4.92. The first-order valence-electron chi connectivity index (χ1n) is 8.68. The number of anilines is 1. The monoisotopic (exact) mass is 364 g/mol. The number of piperazine rings is 1. The minimum Gasteiger partial charge on any atom is -0.339 e. The third-order valence-corrected chi connectivity index (χ3v) is 5.70. The lowest BCUT2D eigenvalue weighted by Gasteiger charge is -2.38. The number of nitrogens with one attached hydrogen (secondary N) is 1. The molecule has 0 atom stereocenters. The van der Waals surface area contributed by atoms with Crippen molar-refractivity contribution in [3.05, 3.63) is 17.5 Å². The van der Waals surface area contributed by atoms with E-state index in [-0.39, 0.29) is 23.8 Å². The van der Waals surface area contributed by atoms with E-state index in [1.165, 1.54) is 11.3 Å². The molecule has 0 unspecified atom stereocenters. The number of piperidine rings is 1. The molecule has 1 N–H and O–H groups in total. The highest BCUT2D eigenvalue weighted by Gasteiger charge is 2.32. The zero-order valence-electron chi connectivity index (χ0n) is 14.4. The van der Waals surface area contributed by atoms with Gasteiger partial charge in [0.2, 0.25) is 11.8 Å². The number of carbonyl (C=O) groups is 3. The summed E-state index contributed by atoms with van der Waals surface area (Å²) in [6, 6.07) is 3.68. The van der Waals surface area contributed by atoms with Gasteiger partial charge in [-0.3, -0.25) is 14.9 Å². The van der Waals surface area contributed by atoms with Gasteiger partial charge in [-0.25, -0.2) is 4.79 Å². The Morgan fingerprint density at radius 1 is 1.00 bits per heavy atom. The lowest BCUT2D eigenvalue weighted by Crippen LogP contribution is -2.53. The minimum atomic E-state index is -0.0941. The van der Waals surface area contributed by atoms with Gasteiger partial charge in [-0.1, -0.05) is 0 Å². The van der Waals surface area contributed by atoms with Crippen molar-refractivity contribution in [2.75, 3.05) is 44.6 Å². The fraction of sp³-hybridized carbons (Fsp3) is 0.588. The van der Waals surface area contributed by atoms with Crippen LogP contribution in [0.25, 0.3) is 0 Å². The van der Waals surface area contributed by atoms with E-state index < -0.39 is 0 Å². The van der Waals surface area contributed by atoms with Crippen LogP contribution in [0.3, 0.4) is 0 Å². The van der Waals surface area contributed by atoms with Crippen LogP contribution in [0.5, 0.6) is 0 Å². The predicted octanol–water partition coefficient (Wildman–Crippen LogP) is 1.68. The molecule has 8 heteroatoms. The molecule has 0 radical (unpaired) electrons. The van der Waals surface area contributed by atoms with Crippen molar-refractivity contribution in [1.29, 1.82) is 0 Å². The summed E-state index contributed by atoms with van der Waals surface area (Å²) in [5.41, 5.74) is 0. The zero-order valence-corrected chi connectivity index (χ0v) is 15.3. The van der Waals surface area contributed by atoms with E-state index in [1.807, 2.05) is 22.4 Å². The largest absolute Gasteiger partial charge is 0.339 e. The molecular formula is C17H24N4O3S. The summed E-state index contributed by atoms with van der Waals surface area (Å²) in [5, 5.41) is 5.65. The van der Waals surface area contributed by atoms with Gasteiger partial charge in [0.05, 0.1) is 5.00 Å². The lowest BCUT2D eigenvalue weighted by molar-refractivity contribution is -0.142. The summed E-state index contributed by atoms with van der Waals surface area (Å²) < 4.78 is 0. The molecule has 0 saturated carbocycles. The van der Waals surface area contributed by atoms with Crippen LogP contribution in [0.2, 0.25) is 0 Å². The summed E-state index contributed by atoms with van der Waals surface area (Å²) in [5.74, 6) is 0.216. The molecular weight excluding hydrogens is 340 g/mol. The minimum absolute atomic E-state index is 0.0188. The molecule has 2 aliphatic rings. The van der Waals surface area contributed by atoms with Crippen molar-refractivity contribution in [1.82, 2.24) is 14.7 Å². The smallest absolute Gasteiger partial charge is 0.322 e. The standard InChI is InChI=1S/C17H24N4O3S/c1-13(22)19-8-10-20(11-9-19)16(23)14-4-6-21(7-5-14)17(24)18-15-3-2-12-25-15/h2-3,12,14H,4-11H2,1H3,(H,18,24). The molecule has 2 aliphatic heterocycles. The molecule has 2 fully saturated rings. The molecule has 2 saturated heterocycles. The molecule has 7 nitrogen and oxygen atoms in total. The van der Waals surface area contributed by atoms with Gasteiger partial charge in [0.1, 0.15) is 0 Å². The first-order chi connectivity index (χ1) is 12.0. The number of rotatable bonds is 2. The molecule has 136 valence electrons. The highest BCUT2D eigenvalue weighted by molar-refractivity contribution is 7.14. The molecule has 0 aromatic carbocycles. The number of urea groups is 1. The Morgan fingerprint density at radius 2 is 1.64 bits per heavy atom. The van der Waals surface area contributed by atoms with Crippen LogP contribution in [0.4, 0.5) is 9.80 Å². The molecule has 0 bridgehead atoms. The molecule has 0 aliphatic carbocycles. The average molecular weight is 364 g/mol. The number of nitrogens with zero attached hydrogens (tertiary/aromatic N) is 3. The van der Waals surface area contributed by atoms with Crippen LogP contribution in [-0.4, -0.2) is 71.8 Å². The first-order valence-corrected chi connectivity index (χ1v) is 9.56. The molecule has 25 heavy (non-hydrogen) atoms. The molecule has 1 aromatic heterocycles. The van der Waals surface area contributed by atoms with Crippen LogP contribution in [0.15, 0.2) is 17.5 Å². The van der Waals surface area contributed by atoms with Crippen LogP contribution in [0.1, 0.15) is 19.8 Å². The van der Waals surface area contributed by atoms with Gasteiger partial charge in [0.25, 0.3) is 0 Å². The number of amides is 4. The van der Waals surface area contributed by atoms with Gasteiger partial charge < -0.3 is 14.7 Å². The van der Waals surface area contributed by atoms with Crippen LogP contribution in [0, 0.1) is 5.92 Å². The quantitative estimate of drug-likeness (QED) is 0.868. The Hall–Kier alpha value is -2.09. The fourth-order valence-electron chi connectivity index (χ4n) is 3.36. The fourth-order valence-corrected chi connectivity index (χ4v) is 3.97. The number of hydrogen-bond donors (Lipinski definition) is 1. The number of thiophene rings is 1. The number of carbonyl (C=O) groups excluding carboxylic acids is 3. The molecule has 3 rings (SSSR count). The van der Waals surface area contributed by atoms with Crippen molar-refractivity contribution in [3.8, 4) is 0 Å². The Bertz CT molecular complexity index is 618. The van der Waals surface area contributed by atoms with Crippen molar-refractivity contribution in [2.45, 2.75) is 19.8 Å². The Kier molecular flexibility index (Phi) is 5.57. The number of likely N-dealkylation sites (tertiary alicyclic amines) is 1. The van der Waals surface area contributed by atoms with Gasteiger partial charge in [-0.05, 0) is 30.4 Å². The SMILES string of the molecule is CC(=O)N1CCN(C(=O)C2CCN(C(=O)Nc3cccs3)CC2)CC1. The molecule has 3 heterocycles. The maximum Gasteiger partial charge on any atom is 0.322 e. The van der Waals surface area contributed by atoms with Crippen molar-refractivity contribution >= 4 is 34.2 Å². The lowest BCUT2D eigenvalue weighted by atomic mass is 9.95. The van der Waals surface area contributed by atoms with Gasteiger partial charge in [0, 0.05) is 52.1 Å². The van der Waals surface area contributed by atoms with E-state index in [2.05, 4.69) is 5.32 Å². The second-order valence-corrected chi connectivity index (χ2v) is 7.45. The summed E-state index contributed by atoms with van der Waals surface area (Å²) in [6.07, 6.45) is 1.40. The first kappa shape index (κ1) is 17.7. The van der Waals surface area contributed by atoms with Crippen LogP contribution >= 0.6 is 11.3 Å². The van der Waals surface area contributed by atoms with Gasteiger partial charge in [0.15, 0.2) is 0 Å². The highest BCUT2D eigenvalue weighted by Crippen LogP contribution is 2.22. The topological polar surface area (TPSA) is 73.0 Å². The van der Waals surface area contributed by atoms with E-state index >= 15 is 0 Å². The predicted molar refractivity (Wildman–Crippen MR) is 96.5 cm³/mol. The summed E-state index contributed by atoms with van der Waals surface area (Å²) in [6.45, 7) is 5.21. The van der Waals surface area contributed by atoms with E-state index in [4.69, 9.17) is 0 Å². The number of hydrogen-bond acceptors (Lipinski definition) is 4. The molecule has 0 spiro atoms. The maximum atomic E-state index is 12.7. The van der Waals surface area contributed by atoms with E-state index in [0.29, 0.717) is 52.1 Å². The van der Waals surface area contributed by atoms with E-state index in [9.17, 15) is 14.4 Å². The van der Waals surface area contributed by atoms with Crippen molar-refractivity contribution < 1.29 is 14.4 Å². The third kappa shape index (κ3) is 4.31. The molecule has 1 aromatic rings. The van der Waals surface area contributed by atoms with E-state index in [1.54, 1.807) is 16.7 Å². The zero-order chi connectivity index (χ0) is 17.8. The van der Waals surface area contributed by atoms with Gasteiger partial charge in [-0.15, -0.1) is 11.3 Å².